The van der Waals surface area contributed by atoms with Crippen molar-refractivity contribution in [2.75, 3.05) is 25.1 Å². The average Bonchev–Trinajstić information content (AvgIpc) is 3.12. The minimum atomic E-state index is -1.07. The third kappa shape index (κ3) is 5.68. The Balaban J connectivity index is 1.94. The molecule has 3 N–H and O–H groups in total. The first-order valence-corrected chi connectivity index (χ1v) is 8.93. The molecule has 0 aliphatic rings. The average molecular weight is 376 g/mol. The zero-order chi connectivity index (χ0) is 18.9. The summed E-state index contributed by atoms with van der Waals surface area (Å²) in [5.41, 5.74) is 0.888. The van der Waals surface area contributed by atoms with Gasteiger partial charge in [-0.2, -0.15) is 0 Å². The van der Waals surface area contributed by atoms with Crippen LogP contribution in [0.4, 0.5) is 5.69 Å². The normalized spacial score (nSPS) is 10.3. The minimum absolute atomic E-state index is 0.0929. The molecule has 0 atom stereocenters. The SMILES string of the molecule is CCOCCCNC(=O)c1cccc(NC(=O)c2ccc(C(=O)O)s2)c1. The molecule has 0 spiro atoms. The Morgan fingerprint density at radius 1 is 1.12 bits per heavy atom. The number of thiophene rings is 1. The van der Waals surface area contributed by atoms with Gasteiger partial charge in [0.2, 0.25) is 0 Å². The molecule has 0 saturated carbocycles. The van der Waals surface area contributed by atoms with Gasteiger partial charge in [-0.25, -0.2) is 4.79 Å². The fourth-order valence-electron chi connectivity index (χ4n) is 2.13. The van der Waals surface area contributed by atoms with Crippen molar-refractivity contribution < 1.29 is 24.2 Å². The zero-order valence-electron chi connectivity index (χ0n) is 14.3. The summed E-state index contributed by atoms with van der Waals surface area (Å²) in [4.78, 5) is 35.6. The molecule has 2 amide bonds. The van der Waals surface area contributed by atoms with Crippen molar-refractivity contribution in [3.05, 3.63) is 51.7 Å². The topological polar surface area (TPSA) is 105 Å². The van der Waals surface area contributed by atoms with Crippen LogP contribution in [0, 0.1) is 0 Å². The number of ether oxygens (including phenoxy) is 1. The smallest absolute Gasteiger partial charge is 0.345 e. The standard InChI is InChI=1S/C18H20N2O5S/c1-2-25-10-4-9-19-16(21)12-5-3-6-13(11-12)20-17(22)14-7-8-15(26-14)18(23)24/h3,5-8,11H,2,4,9-10H2,1H3,(H,19,21)(H,20,22)(H,23,24). The summed E-state index contributed by atoms with van der Waals surface area (Å²) in [5.74, 6) is -1.73. The van der Waals surface area contributed by atoms with Crippen molar-refractivity contribution in [2.45, 2.75) is 13.3 Å². The highest BCUT2D eigenvalue weighted by Crippen LogP contribution is 2.19. The lowest BCUT2D eigenvalue weighted by Crippen LogP contribution is -2.25. The second-order valence-electron chi connectivity index (χ2n) is 5.31. The van der Waals surface area contributed by atoms with Crippen molar-refractivity contribution in [3.63, 3.8) is 0 Å². The molecule has 0 bridgehead atoms. The third-order valence-electron chi connectivity index (χ3n) is 3.38. The highest BCUT2D eigenvalue weighted by molar-refractivity contribution is 7.15. The van der Waals surface area contributed by atoms with Gasteiger partial charge in [0.15, 0.2) is 0 Å². The van der Waals surface area contributed by atoms with E-state index in [9.17, 15) is 14.4 Å². The maximum atomic E-state index is 12.2. The highest BCUT2D eigenvalue weighted by Gasteiger charge is 2.14. The van der Waals surface area contributed by atoms with Crippen LogP contribution < -0.4 is 10.6 Å². The zero-order valence-corrected chi connectivity index (χ0v) is 15.1. The van der Waals surface area contributed by atoms with E-state index in [0.29, 0.717) is 31.0 Å². The molecule has 1 heterocycles. The van der Waals surface area contributed by atoms with Gasteiger partial charge in [-0.1, -0.05) is 6.07 Å². The Bertz CT molecular complexity index is 787. The Morgan fingerprint density at radius 2 is 1.88 bits per heavy atom. The number of hydrogen-bond acceptors (Lipinski definition) is 5. The molecular weight excluding hydrogens is 356 g/mol. The van der Waals surface area contributed by atoms with Crippen LogP contribution in [0.1, 0.15) is 43.0 Å². The molecule has 0 saturated heterocycles. The van der Waals surface area contributed by atoms with E-state index >= 15 is 0 Å². The Kier molecular flexibility index (Phi) is 7.31. The molecule has 2 rings (SSSR count). The van der Waals surface area contributed by atoms with Gasteiger partial charge < -0.3 is 20.5 Å². The summed E-state index contributed by atoms with van der Waals surface area (Å²) in [5, 5.41) is 14.4. The largest absolute Gasteiger partial charge is 0.477 e. The summed E-state index contributed by atoms with van der Waals surface area (Å²) in [6.07, 6.45) is 0.723. The lowest BCUT2D eigenvalue weighted by atomic mass is 10.2. The summed E-state index contributed by atoms with van der Waals surface area (Å²) >= 11 is 0.894. The first-order chi connectivity index (χ1) is 12.5. The van der Waals surface area contributed by atoms with Gasteiger partial charge in [0.1, 0.15) is 4.88 Å². The number of carboxylic acids is 1. The molecule has 138 valence electrons. The van der Waals surface area contributed by atoms with Crippen LogP contribution in [0.3, 0.4) is 0 Å². The predicted octanol–water partition coefficient (Wildman–Crippen LogP) is 2.86. The van der Waals surface area contributed by atoms with Crippen molar-refractivity contribution in [1.29, 1.82) is 0 Å². The first kappa shape index (κ1) is 19.6. The molecule has 0 aliphatic heterocycles. The van der Waals surface area contributed by atoms with Gasteiger partial charge in [-0.15, -0.1) is 11.3 Å². The quantitative estimate of drug-likeness (QED) is 0.584. The Labute approximate surface area is 155 Å². The van der Waals surface area contributed by atoms with E-state index in [2.05, 4.69) is 10.6 Å². The third-order valence-corrected chi connectivity index (χ3v) is 4.45. The summed E-state index contributed by atoms with van der Waals surface area (Å²) in [7, 11) is 0. The maximum absolute atomic E-state index is 12.2. The highest BCUT2D eigenvalue weighted by atomic mass is 32.1. The fraction of sp³-hybridized carbons (Fsp3) is 0.278. The van der Waals surface area contributed by atoms with Crippen LogP contribution >= 0.6 is 11.3 Å². The first-order valence-electron chi connectivity index (χ1n) is 8.11. The van der Waals surface area contributed by atoms with Crippen molar-refractivity contribution >= 4 is 34.8 Å². The van der Waals surface area contributed by atoms with Crippen LogP contribution in [-0.4, -0.2) is 42.6 Å². The number of hydrogen-bond donors (Lipinski definition) is 3. The molecule has 0 fully saturated rings. The molecule has 2 aromatic rings. The Morgan fingerprint density at radius 3 is 2.58 bits per heavy atom. The van der Waals surface area contributed by atoms with Crippen LogP contribution in [0.2, 0.25) is 0 Å². The number of carboxylic acid groups (broad SMARTS) is 1. The molecule has 26 heavy (non-hydrogen) atoms. The number of carbonyl (C=O) groups excluding carboxylic acids is 2. The molecule has 0 radical (unpaired) electrons. The molecule has 7 nitrogen and oxygen atoms in total. The number of amides is 2. The maximum Gasteiger partial charge on any atom is 0.345 e. The van der Waals surface area contributed by atoms with Gasteiger partial charge >= 0.3 is 5.97 Å². The van der Waals surface area contributed by atoms with E-state index in [1.54, 1.807) is 24.3 Å². The summed E-state index contributed by atoms with van der Waals surface area (Å²) in [6, 6.07) is 9.40. The van der Waals surface area contributed by atoms with Crippen LogP contribution in [0.15, 0.2) is 36.4 Å². The number of rotatable bonds is 9. The lowest BCUT2D eigenvalue weighted by Gasteiger charge is -2.08. The van der Waals surface area contributed by atoms with Gasteiger partial charge in [0.05, 0.1) is 4.88 Å². The molecule has 0 aliphatic carbocycles. The van der Waals surface area contributed by atoms with E-state index in [4.69, 9.17) is 9.84 Å². The fourth-order valence-corrected chi connectivity index (χ4v) is 2.87. The lowest BCUT2D eigenvalue weighted by molar-refractivity contribution is 0.0701. The van der Waals surface area contributed by atoms with Crippen LogP contribution in [-0.2, 0) is 4.74 Å². The van der Waals surface area contributed by atoms with Gasteiger partial charge in [0.25, 0.3) is 11.8 Å². The number of benzene rings is 1. The van der Waals surface area contributed by atoms with Gasteiger partial charge in [0, 0.05) is 31.0 Å². The predicted molar refractivity (Wildman–Crippen MR) is 99.1 cm³/mol. The van der Waals surface area contributed by atoms with Gasteiger partial charge in [-0.3, -0.25) is 9.59 Å². The van der Waals surface area contributed by atoms with E-state index in [1.807, 2.05) is 6.92 Å². The number of aromatic carboxylic acids is 1. The van der Waals surface area contributed by atoms with Crippen molar-refractivity contribution in [3.8, 4) is 0 Å². The van der Waals surface area contributed by atoms with Crippen LogP contribution in [0.5, 0.6) is 0 Å². The molecule has 1 aromatic heterocycles. The summed E-state index contributed by atoms with van der Waals surface area (Å²) < 4.78 is 5.21. The number of carbonyl (C=O) groups is 3. The van der Waals surface area contributed by atoms with Crippen molar-refractivity contribution in [1.82, 2.24) is 5.32 Å². The monoisotopic (exact) mass is 376 g/mol. The second kappa shape index (κ2) is 9.69. The van der Waals surface area contributed by atoms with Crippen LogP contribution in [0.25, 0.3) is 0 Å². The van der Waals surface area contributed by atoms with E-state index < -0.39 is 11.9 Å². The number of anilines is 1. The Hall–Kier alpha value is -2.71. The molecule has 0 unspecified atom stereocenters. The van der Waals surface area contributed by atoms with Gasteiger partial charge in [-0.05, 0) is 43.7 Å². The molecule has 8 heteroatoms. The van der Waals surface area contributed by atoms with E-state index in [-0.39, 0.29) is 15.7 Å². The van der Waals surface area contributed by atoms with E-state index in [0.717, 1.165) is 17.8 Å². The number of nitrogens with one attached hydrogen (secondary N) is 2. The minimum Gasteiger partial charge on any atom is -0.477 e. The molecule has 1 aromatic carbocycles. The van der Waals surface area contributed by atoms with Crippen molar-refractivity contribution in [2.24, 2.45) is 0 Å². The molecular formula is C18H20N2O5S. The second-order valence-corrected chi connectivity index (χ2v) is 6.39. The van der Waals surface area contributed by atoms with E-state index in [1.165, 1.54) is 12.1 Å². The summed E-state index contributed by atoms with van der Waals surface area (Å²) in [6.45, 7) is 3.65.